The van der Waals surface area contributed by atoms with E-state index in [0.29, 0.717) is 19.5 Å². The Morgan fingerprint density at radius 2 is 1.96 bits per heavy atom. The highest BCUT2D eigenvalue weighted by molar-refractivity contribution is 5.89. The number of carbonyl (C=O) groups is 2. The topological polar surface area (TPSA) is 53.5 Å². The van der Waals surface area contributed by atoms with Gasteiger partial charge in [-0.15, -0.1) is 0 Å². The average molecular weight is 363 g/mol. The second-order valence-electron chi connectivity index (χ2n) is 7.49. The summed E-state index contributed by atoms with van der Waals surface area (Å²) in [5, 5.41) is 0. The van der Waals surface area contributed by atoms with E-state index in [4.69, 9.17) is 0 Å². The molecule has 2 saturated heterocycles. The van der Waals surface area contributed by atoms with Gasteiger partial charge < -0.3 is 9.80 Å². The van der Waals surface area contributed by atoms with Gasteiger partial charge in [0.2, 0.25) is 11.8 Å². The molecule has 0 saturated carbocycles. The van der Waals surface area contributed by atoms with E-state index in [1.165, 1.54) is 0 Å². The first-order chi connectivity index (χ1) is 13.2. The standard InChI is InChI=1S/C22H25N3O2/c26-21-13-19(16-24(21)15-17-7-2-1-3-8-17)22(27)25-12-5-4-10-20(25)18-9-6-11-23-14-18/h1-3,6-9,11,14,19-20H,4-5,10,12-13,15-16H2/t19-,20-/m0/s1. The SMILES string of the molecule is O=C1C[C@H](C(=O)N2CCCC[C@H]2c2cccnc2)CN1Cc1ccccc1. The fourth-order valence-corrected chi connectivity index (χ4v) is 4.24. The van der Waals surface area contributed by atoms with Crippen molar-refractivity contribution in [2.75, 3.05) is 13.1 Å². The molecule has 5 heteroatoms. The number of nitrogens with zero attached hydrogens (tertiary/aromatic N) is 3. The molecule has 0 radical (unpaired) electrons. The Morgan fingerprint density at radius 3 is 2.74 bits per heavy atom. The van der Waals surface area contributed by atoms with Crippen molar-refractivity contribution in [2.45, 2.75) is 38.3 Å². The second kappa shape index (κ2) is 7.91. The van der Waals surface area contributed by atoms with Gasteiger partial charge in [0, 0.05) is 38.4 Å². The molecule has 1 aromatic carbocycles. The number of benzene rings is 1. The van der Waals surface area contributed by atoms with Crippen LogP contribution in [-0.4, -0.2) is 39.7 Å². The Kier molecular flexibility index (Phi) is 5.19. The number of likely N-dealkylation sites (tertiary alicyclic amines) is 2. The highest BCUT2D eigenvalue weighted by atomic mass is 16.2. The molecule has 27 heavy (non-hydrogen) atoms. The van der Waals surface area contributed by atoms with Crippen molar-refractivity contribution >= 4 is 11.8 Å². The first-order valence-electron chi connectivity index (χ1n) is 9.74. The summed E-state index contributed by atoms with van der Waals surface area (Å²) in [5.74, 6) is -0.0434. The Morgan fingerprint density at radius 1 is 1.11 bits per heavy atom. The van der Waals surface area contributed by atoms with Gasteiger partial charge in [-0.05, 0) is 36.5 Å². The van der Waals surface area contributed by atoms with Crippen molar-refractivity contribution in [3.8, 4) is 0 Å². The number of amides is 2. The van der Waals surface area contributed by atoms with Gasteiger partial charge in [-0.1, -0.05) is 36.4 Å². The van der Waals surface area contributed by atoms with E-state index in [0.717, 1.165) is 36.9 Å². The lowest BCUT2D eigenvalue weighted by Gasteiger charge is -2.37. The summed E-state index contributed by atoms with van der Waals surface area (Å²) in [7, 11) is 0. The lowest BCUT2D eigenvalue weighted by atomic mass is 9.94. The molecule has 3 heterocycles. The van der Waals surface area contributed by atoms with Gasteiger partial charge in [0.15, 0.2) is 0 Å². The smallest absolute Gasteiger partial charge is 0.228 e. The molecular weight excluding hydrogens is 338 g/mol. The van der Waals surface area contributed by atoms with Crippen LogP contribution in [0.3, 0.4) is 0 Å². The average Bonchev–Trinajstić information content (AvgIpc) is 3.09. The normalized spacial score (nSPS) is 22.9. The molecule has 0 N–H and O–H groups in total. The van der Waals surface area contributed by atoms with E-state index in [9.17, 15) is 9.59 Å². The van der Waals surface area contributed by atoms with Crippen molar-refractivity contribution in [3.63, 3.8) is 0 Å². The van der Waals surface area contributed by atoms with E-state index < -0.39 is 0 Å². The molecule has 0 bridgehead atoms. The molecule has 2 atom stereocenters. The number of rotatable bonds is 4. The largest absolute Gasteiger partial charge is 0.338 e. The molecule has 2 fully saturated rings. The van der Waals surface area contributed by atoms with Crippen LogP contribution in [0.2, 0.25) is 0 Å². The van der Waals surface area contributed by atoms with Gasteiger partial charge in [-0.25, -0.2) is 0 Å². The van der Waals surface area contributed by atoms with Gasteiger partial charge in [-0.3, -0.25) is 14.6 Å². The van der Waals surface area contributed by atoms with Gasteiger partial charge in [0.25, 0.3) is 0 Å². The lowest BCUT2D eigenvalue weighted by Crippen LogP contribution is -2.42. The summed E-state index contributed by atoms with van der Waals surface area (Å²) in [5.41, 5.74) is 2.20. The van der Waals surface area contributed by atoms with Crippen LogP contribution in [0.4, 0.5) is 0 Å². The minimum Gasteiger partial charge on any atom is -0.338 e. The van der Waals surface area contributed by atoms with E-state index in [1.807, 2.05) is 58.5 Å². The first kappa shape index (κ1) is 17.7. The lowest BCUT2D eigenvalue weighted by molar-refractivity contribution is -0.139. The fourth-order valence-electron chi connectivity index (χ4n) is 4.24. The molecule has 0 unspecified atom stereocenters. The minimum absolute atomic E-state index is 0.0761. The number of pyridine rings is 1. The Bertz CT molecular complexity index is 794. The van der Waals surface area contributed by atoms with Crippen molar-refractivity contribution in [3.05, 3.63) is 66.0 Å². The van der Waals surface area contributed by atoms with Crippen LogP contribution in [0.5, 0.6) is 0 Å². The van der Waals surface area contributed by atoms with Crippen LogP contribution >= 0.6 is 0 Å². The fraction of sp³-hybridized carbons (Fsp3) is 0.409. The molecule has 2 aliphatic rings. The number of aromatic nitrogens is 1. The third-order valence-electron chi connectivity index (χ3n) is 5.64. The van der Waals surface area contributed by atoms with Crippen molar-refractivity contribution < 1.29 is 9.59 Å². The quantitative estimate of drug-likeness (QED) is 0.838. The third kappa shape index (κ3) is 3.87. The predicted molar refractivity (Wildman–Crippen MR) is 103 cm³/mol. The number of hydrogen-bond donors (Lipinski definition) is 0. The van der Waals surface area contributed by atoms with Crippen molar-refractivity contribution in [1.82, 2.24) is 14.8 Å². The van der Waals surface area contributed by atoms with Gasteiger partial charge in [-0.2, -0.15) is 0 Å². The van der Waals surface area contributed by atoms with E-state index in [2.05, 4.69) is 4.98 Å². The highest BCUT2D eigenvalue weighted by Crippen LogP contribution is 2.33. The monoisotopic (exact) mass is 363 g/mol. The third-order valence-corrected chi connectivity index (χ3v) is 5.64. The maximum atomic E-state index is 13.3. The van der Waals surface area contributed by atoms with E-state index in [-0.39, 0.29) is 23.8 Å². The molecule has 5 nitrogen and oxygen atoms in total. The van der Waals surface area contributed by atoms with Crippen molar-refractivity contribution in [2.24, 2.45) is 5.92 Å². The Balaban J connectivity index is 1.46. The molecule has 2 amide bonds. The van der Waals surface area contributed by atoms with Crippen LogP contribution < -0.4 is 0 Å². The predicted octanol–water partition coefficient (Wildman–Crippen LogP) is 3.18. The molecule has 2 aliphatic heterocycles. The number of piperidine rings is 1. The molecule has 4 rings (SSSR count). The molecular formula is C22H25N3O2. The van der Waals surface area contributed by atoms with Crippen LogP contribution in [0, 0.1) is 5.92 Å². The zero-order valence-electron chi connectivity index (χ0n) is 15.5. The van der Waals surface area contributed by atoms with Crippen LogP contribution in [0.25, 0.3) is 0 Å². The van der Waals surface area contributed by atoms with E-state index >= 15 is 0 Å². The second-order valence-corrected chi connectivity index (χ2v) is 7.49. The highest BCUT2D eigenvalue weighted by Gasteiger charge is 2.39. The number of carbonyl (C=O) groups excluding carboxylic acids is 2. The van der Waals surface area contributed by atoms with Gasteiger partial charge in [0.05, 0.1) is 12.0 Å². The molecule has 0 spiro atoms. The summed E-state index contributed by atoms with van der Waals surface area (Å²) in [4.78, 5) is 33.8. The van der Waals surface area contributed by atoms with E-state index in [1.54, 1.807) is 6.20 Å². The summed E-state index contributed by atoms with van der Waals surface area (Å²) in [6.45, 7) is 1.86. The summed E-state index contributed by atoms with van der Waals surface area (Å²) >= 11 is 0. The van der Waals surface area contributed by atoms with Gasteiger partial charge in [0.1, 0.15) is 0 Å². The molecule has 0 aliphatic carbocycles. The van der Waals surface area contributed by atoms with Crippen LogP contribution in [0.15, 0.2) is 54.9 Å². The Hall–Kier alpha value is -2.69. The Labute approximate surface area is 160 Å². The molecule has 140 valence electrons. The van der Waals surface area contributed by atoms with Crippen LogP contribution in [0.1, 0.15) is 42.9 Å². The molecule has 1 aromatic heterocycles. The van der Waals surface area contributed by atoms with Crippen molar-refractivity contribution in [1.29, 1.82) is 0 Å². The first-order valence-corrected chi connectivity index (χ1v) is 9.74. The zero-order chi connectivity index (χ0) is 18.6. The zero-order valence-corrected chi connectivity index (χ0v) is 15.5. The maximum Gasteiger partial charge on any atom is 0.228 e. The van der Waals surface area contributed by atoms with Crippen LogP contribution in [-0.2, 0) is 16.1 Å². The number of hydrogen-bond acceptors (Lipinski definition) is 3. The maximum absolute atomic E-state index is 13.3. The van der Waals surface area contributed by atoms with Gasteiger partial charge >= 0.3 is 0 Å². The summed E-state index contributed by atoms with van der Waals surface area (Å²) in [6.07, 6.45) is 7.05. The minimum atomic E-state index is -0.238. The molecule has 2 aromatic rings. The summed E-state index contributed by atoms with van der Waals surface area (Å²) in [6, 6.07) is 14.0. The summed E-state index contributed by atoms with van der Waals surface area (Å²) < 4.78 is 0.